The molecular weight excluding hydrogens is 284 g/mol. The first-order chi connectivity index (χ1) is 11.2. The summed E-state index contributed by atoms with van der Waals surface area (Å²) in [4.78, 5) is 16.6. The lowest BCUT2D eigenvalue weighted by atomic mass is 10.0. The third kappa shape index (κ3) is 3.83. The summed E-state index contributed by atoms with van der Waals surface area (Å²) in [5.41, 5.74) is 4.70. The Hall–Kier alpha value is -2.94. The molecule has 3 rings (SSSR count). The van der Waals surface area contributed by atoms with Gasteiger partial charge in [-0.2, -0.15) is 0 Å². The predicted octanol–water partition coefficient (Wildman–Crippen LogP) is 3.99. The van der Waals surface area contributed by atoms with Gasteiger partial charge in [0.15, 0.2) is 0 Å². The van der Waals surface area contributed by atoms with Crippen LogP contribution in [0.5, 0.6) is 0 Å². The molecule has 2 aromatic carbocycles. The fraction of sp³-hybridized carbons (Fsp3) is 0.100. The second kappa shape index (κ2) is 6.88. The van der Waals surface area contributed by atoms with Crippen molar-refractivity contribution in [3.63, 3.8) is 0 Å². The van der Waals surface area contributed by atoms with Crippen LogP contribution in [0.1, 0.15) is 21.7 Å². The summed E-state index contributed by atoms with van der Waals surface area (Å²) in [6.45, 7) is 2.37. The highest BCUT2D eigenvalue weighted by Gasteiger charge is 2.06. The van der Waals surface area contributed by atoms with Crippen LogP contribution in [0.25, 0.3) is 11.1 Å². The quantitative estimate of drug-likeness (QED) is 0.792. The van der Waals surface area contributed by atoms with Gasteiger partial charge in [0, 0.05) is 11.3 Å². The van der Waals surface area contributed by atoms with Gasteiger partial charge in [-0.25, -0.2) is 0 Å². The summed E-state index contributed by atoms with van der Waals surface area (Å²) in [6.07, 6.45) is 0. The van der Waals surface area contributed by atoms with E-state index in [1.54, 1.807) is 0 Å². The molecule has 0 aliphatic rings. The fourth-order valence-corrected chi connectivity index (χ4v) is 2.42. The zero-order valence-electron chi connectivity index (χ0n) is 13.0. The summed E-state index contributed by atoms with van der Waals surface area (Å²) in [5.74, 6) is -0.0899. The molecule has 0 saturated carbocycles. The lowest BCUT2D eigenvalue weighted by Crippen LogP contribution is -2.23. The normalized spacial score (nSPS) is 10.3. The van der Waals surface area contributed by atoms with Crippen LogP contribution in [-0.2, 0) is 6.54 Å². The average Bonchev–Trinajstić information content (AvgIpc) is 2.61. The molecule has 0 atom stereocenters. The minimum absolute atomic E-state index is 0.0899. The largest absolute Gasteiger partial charge is 0.346 e. The Morgan fingerprint density at radius 1 is 0.870 bits per heavy atom. The van der Waals surface area contributed by atoms with Crippen molar-refractivity contribution in [2.45, 2.75) is 13.5 Å². The number of hydrogen-bond donors (Lipinski definition) is 1. The summed E-state index contributed by atoms with van der Waals surface area (Å²) in [5, 5.41) is 2.90. The highest BCUT2D eigenvalue weighted by atomic mass is 16.1. The van der Waals surface area contributed by atoms with Crippen LogP contribution in [0.3, 0.4) is 0 Å². The van der Waals surface area contributed by atoms with Gasteiger partial charge in [0.05, 0.1) is 12.2 Å². The molecule has 23 heavy (non-hydrogen) atoms. The molecule has 0 saturated heterocycles. The van der Waals surface area contributed by atoms with Crippen molar-refractivity contribution in [2.75, 3.05) is 0 Å². The van der Waals surface area contributed by atoms with Gasteiger partial charge in [-0.15, -0.1) is 0 Å². The van der Waals surface area contributed by atoms with Crippen molar-refractivity contribution in [1.29, 1.82) is 0 Å². The molecule has 3 heteroatoms. The molecule has 3 aromatic rings. The molecule has 1 N–H and O–H groups in total. The average molecular weight is 302 g/mol. The minimum atomic E-state index is -0.0899. The Kier molecular flexibility index (Phi) is 4.48. The van der Waals surface area contributed by atoms with E-state index in [9.17, 15) is 4.79 Å². The number of aromatic nitrogens is 1. The van der Waals surface area contributed by atoms with Gasteiger partial charge in [0.25, 0.3) is 5.91 Å². The highest BCUT2D eigenvalue weighted by molar-refractivity contribution is 5.94. The number of benzene rings is 2. The van der Waals surface area contributed by atoms with Gasteiger partial charge in [-0.05, 0) is 42.3 Å². The van der Waals surface area contributed by atoms with E-state index < -0.39 is 0 Å². The number of pyridine rings is 1. The van der Waals surface area contributed by atoms with Gasteiger partial charge < -0.3 is 5.32 Å². The number of carbonyl (C=O) groups excluding carboxylic acids is 1. The van der Waals surface area contributed by atoms with Crippen molar-refractivity contribution >= 4 is 5.91 Å². The topological polar surface area (TPSA) is 42.0 Å². The van der Waals surface area contributed by atoms with Crippen LogP contribution >= 0.6 is 0 Å². The first-order valence-electron chi connectivity index (χ1n) is 7.58. The first-order valence-corrected chi connectivity index (χ1v) is 7.58. The highest BCUT2D eigenvalue weighted by Crippen LogP contribution is 2.19. The predicted molar refractivity (Wildman–Crippen MR) is 92.0 cm³/mol. The molecule has 0 radical (unpaired) electrons. The molecule has 0 aliphatic carbocycles. The molecule has 0 spiro atoms. The summed E-state index contributed by atoms with van der Waals surface area (Å²) < 4.78 is 0. The Morgan fingerprint density at radius 2 is 1.57 bits per heavy atom. The molecule has 0 fully saturated rings. The van der Waals surface area contributed by atoms with Crippen molar-refractivity contribution in [1.82, 2.24) is 10.3 Å². The fourth-order valence-electron chi connectivity index (χ4n) is 2.42. The smallest absolute Gasteiger partial charge is 0.251 e. The van der Waals surface area contributed by atoms with Crippen molar-refractivity contribution in [3.05, 3.63) is 89.7 Å². The Bertz CT molecular complexity index is 795. The number of carbonyl (C=O) groups is 1. The lowest BCUT2D eigenvalue weighted by molar-refractivity contribution is 0.0950. The minimum Gasteiger partial charge on any atom is -0.346 e. The Labute approximate surface area is 136 Å². The Balaban J connectivity index is 1.66. The van der Waals surface area contributed by atoms with Crippen LogP contribution in [0, 0.1) is 6.92 Å². The van der Waals surface area contributed by atoms with Crippen molar-refractivity contribution < 1.29 is 4.79 Å². The van der Waals surface area contributed by atoms with Gasteiger partial charge in [-0.3, -0.25) is 9.78 Å². The SMILES string of the molecule is Cc1cccc(CNC(=O)c2ccc(-c3ccccc3)cc2)n1. The molecule has 114 valence electrons. The molecular formula is C20H18N2O. The maximum Gasteiger partial charge on any atom is 0.251 e. The summed E-state index contributed by atoms with van der Waals surface area (Å²) >= 11 is 0. The molecule has 1 heterocycles. The van der Waals surface area contributed by atoms with Gasteiger partial charge in [0.1, 0.15) is 0 Å². The van der Waals surface area contributed by atoms with E-state index in [0.717, 1.165) is 22.5 Å². The second-order valence-corrected chi connectivity index (χ2v) is 5.40. The van der Waals surface area contributed by atoms with E-state index in [4.69, 9.17) is 0 Å². The molecule has 1 amide bonds. The van der Waals surface area contributed by atoms with E-state index in [2.05, 4.69) is 22.4 Å². The van der Waals surface area contributed by atoms with Gasteiger partial charge in [-0.1, -0.05) is 48.5 Å². The zero-order valence-corrected chi connectivity index (χ0v) is 13.0. The summed E-state index contributed by atoms with van der Waals surface area (Å²) in [6, 6.07) is 23.5. The van der Waals surface area contributed by atoms with Gasteiger partial charge >= 0.3 is 0 Å². The lowest BCUT2D eigenvalue weighted by Gasteiger charge is -2.07. The molecule has 0 bridgehead atoms. The number of aryl methyl sites for hydroxylation is 1. The van der Waals surface area contributed by atoms with Crippen LogP contribution in [0.4, 0.5) is 0 Å². The van der Waals surface area contributed by atoms with Crippen LogP contribution in [0.15, 0.2) is 72.8 Å². The summed E-state index contributed by atoms with van der Waals surface area (Å²) in [7, 11) is 0. The molecule has 1 aromatic heterocycles. The molecule has 0 unspecified atom stereocenters. The molecule has 0 aliphatic heterocycles. The van der Waals surface area contributed by atoms with E-state index >= 15 is 0 Å². The maximum absolute atomic E-state index is 12.2. The standard InChI is InChI=1S/C20H18N2O/c1-15-6-5-9-19(22-15)14-21-20(23)18-12-10-17(11-13-18)16-7-3-2-4-8-16/h2-13H,14H2,1H3,(H,21,23). The zero-order chi connectivity index (χ0) is 16.1. The number of nitrogens with one attached hydrogen (secondary N) is 1. The number of rotatable bonds is 4. The second-order valence-electron chi connectivity index (χ2n) is 5.40. The third-order valence-corrected chi connectivity index (χ3v) is 3.63. The first kappa shape index (κ1) is 15.0. The van der Waals surface area contributed by atoms with Crippen molar-refractivity contribution in [3.8, 4) is 11.1 Å². The number of amides is 1. The van der Waals surface area contributed by atoms with Crippen molar-refractivity contribution in [2.24, 2.45) is 0 Å². The van der Waals surface area contributed by atoms with Crippen LogP contribution in [-0.4, -0.2) is 10.9 Å². The van der Waals surface area contributed by atoms with Crippen LogP contribution in [0.2, 0.25) is 0 Å². The van der Waals surface area contributed by atoms with Crippen LogP contribution < -0.4 is 5.32 Å². The third-order valence-electron chi connectivity index (χ3n) is 3.63. The number of hydrogen-bond acceptors (Lipinski definition) is 2. The van der Waals surface area contributed by atoms with E-state index in [1.807, 2.05) is 67.6 Å². The monoisotopic (exact) mass is 302 g/mol. The number of nitrogens with zero attached hydrogens (tertiary/aromatic N) is 1. The molecule has 3 nitrogen and oxygen atoms in total. The van der Waals surface area contributed by atoms with Gasteiger partial charge in [0.2, 0.25) is 0 Å². The van der Waals surface area contributed by atoms with E-state index in [1.165, 1.54) is 0 Å². The maximum atomic E-state index is 12.2. The van der Waals surface area contributed by atoms with E-state index in [0.29, 0.717) is 12.1 Å². The van der Waals surface area contributed by atoms with E-state index in [-0.39, 0.29) is 5.91 Å². The Morgan fingerprint density at radius 3 is 2.26 bits per heavy atom.